The number of benzene rings is 3. The third kappa shape index (κ3) is 5.72. The second-order valence-corrected chi connectivity index (χ2v) is 8.15. The first-order valence-electron chi connectivity index (χ1n) is 11.4. The lowest BCUT2D eigenvalue weighted by Crippen LogP contribution is -2.12. The first-order valence-corrected chi connectivity index (χ1v) is 11.4. The number of methoxy groups -OCH3 is 2. The van der Waals surface area contributed by atoms with Crippen molar-refractivity contribution in [2.45, 2.75) is 19.1 Å². The number of anilines is 1. The molecule has 0 saturated heterocycles. The first kappa shape index (κ1) is 27.7. The van der Waals surface area contributed by atoms with Gasteiger partial charge in [-0.15, -0.1) is 0 Å². The molecule has 0 saturated carbocycles. The molecule has 1 atom stereocenters. The molecule has 3 aromatic carbocycles. The first-order chi connectivity index (χ1) is 19.1. The third-order valence-corrected chi connectivity index (χ3v) is 5.87. The van der Waals surface area contributed by atoms with Crippen molar-refractivity contribution in [2.75, 3.05) is 19.6 Å². The van der Waals surface area contributed by atoms with Crippen molar-refractivity contribution >= 4 is 28.7 Å². The minimum Gasteiger partial charge on any atom is -0.493 e. The summed E-state index contributed by atoms with van der Waals surface area (Å²) in [5.74, 6) is -0.296. The number of nitrogens with one attached hydrogen (secondary N) is 1. The van der Waals surface area contributed by atoms with E-state index in [0.29, 0.717) is 16.9 Å². The highest BCUT2D eigenvalue weighted by Crippen LogP contribution is 2.43. The zero-order valence-corrected chi connectivity index (χ0v) is 20.8. The Labute approximate surface area is 224 Å². The van der Waals surface area contributed by atoms with Crippen molar-refractivity contribution < 1.29 is 42.4 Å². The van der Waals surface area contributed by atoms with Gasteiger partial charge in [0.25, 0.3) is 5.69 Å². The van der Waals surface area contributed by atoms with E-state index < -0.39 is 39.9 Å². The number of nitro benzene ring substituents is 2. The molecule has 3 aromatic rings. The van der Waals surface area contributed by atoms with Crippen LogP contribution in [0.5, 0.6) is 17.2 Å². The number of alkyl halides is 2. The van der Waals surface area contributed by atoms with Crippen molar-refractivity contribution in [3.63, 3.8) is 0 Å². The summed E-state index contributed by atoms with van der Waals surface area (Å²) < 4.78 is 45.8. The number of nitro groups is 2. The van der Waals surface area contributed by atoms with Gasteiger partial charge in [0.15, 0.2) is 11.5 Å². The molecule has 0 amide bonds. The third-order valence-electron chi connectivity index (χ3n) is 5.87. The van der Waals surface area contributed by atoms with Gasteiger partial charge in [-0.25, -0.2) is 4.79 Å². The SMILES string of the molecule is COc1ccc2c(c1OC)C(=O)O[C@@H]2C/C(=N\Nc1ccc([N+](=O)[O-])cc1[N+](=O)[O-])c1ccc(OC(F)F)cc1. The van der Waals surface area contributed by atoms with E-state index in [2.05, 4.69) is 15.3 Å². The summed E-state index contributed by atoms with van der Waals surface area (Å²) >= 11 is 0. The maximum Gasteiger partial charge on any atom is 0.387 e. The molecule has 0 spiro atoms. The number of esters is 1. The Morgan fingerprint density at radius 3 is 2.38 bits per heavy atom. The molecule has 1 aliphatic rings. The molecule has 0 aromatic heterocycles. The molecule has 0 aliphatic carbocycles. The second kappa shape index (κ2) is 11.6. The molecule has 13 nitrogen and oxygen atoms in total. The number of fused-ring (bicyclic) bond motifs is 1. The Hall–Kier alpha value is -5.34. The predicted molar refractivity (Wildman–Crippen MR) is 135 cm³/mol. The maximum absolute atomic E-state index is 12.7. The van der Waals surface area contributed by atoms with Crippen LogP contribution in [0, 0.1) is 20.2 Å². The molecule has 0 unspecified atom stereocenters. The van der Waals surface area contributed by atoms with E-state index in [9.17, 15) is 33.8 Å². The van der Waals surface area contributed by atoms with Crippen molar-refractivity contribution in [3.05, 3.63) is 91.5 Å². The van der Waals surface area contributed by atoms with Gasteiger partial charge in [0.2, 0.25) is 0 Å². The summed E-state index contributed by atoms with van der Waals surface area (Å²) in [6, 6.07) is 11.6. The van der Waals surface area contributed by atoms with E-state index >= 15 is 0 Å². The van der Waals surface area contributed by atoms with Crippen molar-refractivity contribution in [2.24, 2.45) is 5.10 Å². The standard InChI is InChI=1S/C25H20F2N4O9/c1-37-20-10-8-16-21(40-24(32)22(16)23(20)38-2)12-18(13-3-6-15(7-4-13)39-25(26)27)29-28-17-9-5-14(30(33)34)11-19(17)31(35)36/h3-11,21,25,28H,12H2,1-2H3/b29-18+/t21-/m1/s1. The fourth-order valence-corrected chi connectivity index (χ4v) is 4.06. The average molecular weight is 558 g/mol. The fraction of sp³-hybridized carbons (Fsp3) is 0.200. The Kier molecular flexibility index (Phi) is 8.02. The Bertz CT molecular complexity index is 1500. The monoisotopic (exact) mass is 558 g/mol. The van der Waals surface area contributed by atoms with Gasteiger partial charge in [0.05, 0.1) is 35.8 Å². The highest BCUT2D eigenvalue weighted by atomic mass is 19.3. The summed E-state index contributed by atoms with van der Waals surface area (Å²) in [6.45, 7) is -3.04. The zero-order chi connectivity index (χ0) is 29.0. The largest absolute Gasteiger partial charge is 0.493 e. The molecule has 1 aliphatic heterocycles. The average Bonchev–Trinajstić information content (AvgIpc) is 3.25. The Morgan fingerprint density at radius 2 is 1.77 bits per heavy atom. The topological polar surface area (TPSA) is 165 Å². The van der Waals surface area contributed by atoms with Crippen molar-refractivity contribution in [3.8, 4) is 17.2 Å². The molecule has 0 radical (unpaired) electrons. The van der Waals surface area contributed by atoms with Gasteiger partial charge in [-0.05, 0) is 42.0 Å². The molecule has 1 heterocycles. The smallest absolute Gasteiger partial charge is 0.387 e. The van der Waals surface area contributed by atoms with E-state index in [4.69, 9.17) is 14.2 Å². The molecule has 0 fully saturated rings. The number of cyclic esters (lactones) is 1. The van der Waals surface area contributed by atoms with E-state index in [0.717, 1.165) is 18.2 Å². The molecule has 1 N–H and O–H groups in total. The lowest BCUT2D eigenvalue weighted by molar-refractivity contribution is -0.393. The van der Waals surface area contributed by atoms with Gasteiger partial charge in [0, 0.05) is 18.1 Å². The molecular weight excluding hydrogens is 538 g/mol. The number of nitrogens with zero attached hydrogens (tertiary/aromatic N) is 3. The molecular formula is C25H20F2N4O9. The van der Waals surface area contributed by atoms with Gasteiger partial charge in [0.1, 0.15) is 23.1 Å². The van der Waals surface area contributed by atoms with E-state index in [1.165, 1.54) is 38.5 Å². The number of non-ortho nitro benzene ring substituents is 1. The van der Waals surface area contributed by atoms with Crippen LogP contribution >= 0.6 is 0 Å². The minimum absolute atomic E-state index is 0.0585. The van der Waals surface area contributed by atoms with Gasteiger partial charge < -0.3 is 18.9 Å². The normalized spacial score (nSPS) is 14.4. The van der Waals surface area contributed by atoms with Crippen molar-refractivity contribution in [1.82, 2.24) is 0 Å². The predicted octanol–water partition coefficient (Wildman–Crippen LogP) is 5.24. The summed E-state index contributed by atoms with van der Waals surface area (Å²) in [7, 11) is 2.78. The molecule has 4 rings (SSSR count). The Morgan fingerprint density at radius 1 is 1.05 bits per heavy atom. The molecule has 15 heteroatoms. The number of hydrogen-bond donors (Lipinski definition) is 1. The van der Waals surface area contributed by atoms with Gasteiger partial charge in [-0.2, -0.15) is 13.9 Å². The molecule has 208 valence electrons. The molecule has 0 bridgehead atoms. The summed E-state index contributed by atoms with van der Waals surface area (Å²) in [5, 5.41) is 26.9. The van der Waals surface area contributed by atoms with E-state index in [-0.39, 0.29) is 34.9 Å². The number of halogens is 2. The number of carbonyl (C=O) groups excluding carboxylic acids is 1. The summed E-state index contributed by atoms with van der Waals surface area (Å²) in [5.41, 5.74) is 2.51. The van der Waals surface area contributed by atoms with Crippen LogP contribution in [0.4, 0.5) is 25.8 Å². The van der Waals surface area contributed by atoms with Crippen LogP contribution in [0.25, 0.3) is 0 Å². The van der Waals surface area contributed by atoms with Crippen LogP contribution in [-0.2, 0) is 4.74 Å². The van der Waals surface area contributed by atoms with Crippen LogP contribution < -0.4 is 19.6 Å². The molecule has 40 heavy (non-hydrogen) atoms. The number of hydrazone groups is 1. The second-order valence-electron chi connectivity index (χ2n) is 8.15. The number of ether oxygens (including phenoxy) is 4. The van der Waals surface area contributed by atoms with Crippen LogP contribution in [0.1, 0.15) is 34.0 Å². The van der Waals surface area contributed by atoms with Gasteiger partial charge >= 0.3 is 18.3 Å². The van der Waals surface area contributed by atoms with Gasteiger partial charge in [-0.1, -0.05) is 6.07 Å². The number of carbonyl (C=O) groups is 1. The van der Waals surface area contributed by atoms with Crippen LogP contribution in [0.3, 0.4) is 0 Å². The van der Waals surface area contributed by atoms with E-state index in [1.54, 1.807) is 12.1 Å². The summed E-state index contributed by atoms with van der Waals surface area (Å²) in [6.07, 6.45) is -0.927. The van der Waals surface area contributed by atoms with E-state index in [1.807, 2.05) is 0 Å². The Balaban J connectivity index is 1.73. The quantitative estimate of drug-likeness (QED) is 0.142. The van der Waals surface area contributed by atoms with Gasteiger partial charge in [-0.3, -0.25) is 25.7 Å². The van der Waals surface area contributed by atoms with Crippen LogP contribution in [0.15, 0.2) is 59.7 Å². The highest BCUT2D eigenvalue weighted by molar-refractivity contribution is 6.03. The number of rotatable bonds is 11. The zero-order valence-electron chi connectivity index (χ0n) is 20.8. The minimum atomic E-state index is -3.04. The maximum atomic E-state index is 12.7. The van der Waals surface area contributed by atoms with Crippen LogP contribution in [-0.4, -0.2) is 42.4 Å². The van der Waals surface area contributed by atoms with Crippen molar-refractivity contribution in [1.29, 1.82) is 0 Å². The number of hydrogen-bond acceptors (Lipinski definition) is 11. The summed E-state index contributed by atoms with van der Waals surface area (Å²) in [4.78, 5) is 33.8. The van der Waals surface area contributed by atoms with Crippen LogP contribution in [0.2, 0.25) is 0 Å². The lowest BCUT2D eigenvalue weighted by atomic mass is 9.97. The highest BCUT2D eigenvalue weighted by Gasteiger charge is 2.36. The fourth-order valence-electron chi connectivity index (χ4n) is 4.06. The lowest BCUT2D eigenvalue weighted by Gasteiger charge is -2.15.